The fourth-order valence-electron chi connectivity index (χ4n) is 2.66. The molecule has 1 unspecified atom stereocenters. The van der Waals surface area contributed by atoms with Crippen LogP contribution in [0.5, 0.6) is 0 Å². The van der Waals surface area contributed by atoms with Gasteiger partial charge >= 0.3 is 0 Å². The average molecular weight is 432 g/mol. The Bertz CT molecular complexity index is 816. The normalized spacial score (nSPS) is 19.2. The highest BCUT2D eigenvalue weighted by Gasteiger charge is 2.30. The second-order valence-corrected chi connectivity index (χ2v) is 8.77. The van der Waals surface area contributed by atoms with Crippen LogP contribution < -0.4 is 5.32 Å². The topological polar surface area (TPSA) is 75.2 Å². The van der Waals surface area contributed by atoms with Crippen LogP contribution in [0.3, 0.4) is 0 Å². The first-order valence-electron chi connectivity index (χ1n) is 7.45. The zero-order valence-corrected chi connectivity index (χ0v) is 15.9. The molecule has 1 aliphatic heterocycles. The van der Waals surface area contributed by atoms with E-state index in [1.54, 1.807) is 30.5 Å². The number of piperidine rings is 1. The van der Waals surface area contributed by atoms with Crippen molar-refractivity contribution in [3.63, 3.8) is 0 Å². The predicted octanol–water partition coefficient (Wildman–Crippen LogP) is 3.16. The van der Waals surface area contributed by atoms with E-state index >= 15 is 0 Å². The van der Waals surface area contributed by atoms with Crippen LogP contribution in [0.4, 0.5) is 5.82 Å². The third-order valence-corrected chi connectivity index (χ3v) is 6.38. The zero-order valence-electron chi connectivity index (χ0n) is 12.7. The summed E-state index contributed by atoms with van der Waals surface area (Å²) >= 11 is 9.15. The number of anilines is 1. The molecule has 1 saturated heterocycles. The number of nitrogens with one attached hydrogen (secondary N) is 1. The molecule has 128 valence electrons. The Morgan fingerprint density at radius 1 is 1.25 bits per heavy atom. The lowest BCUT2D eigenvalue weighted by molar-refractivity contribution is 0.326. The minimum absolute atomic E-state index is 0.0308. The van der Waals surface area contributed by atoms with Crippen LogP contribution in [-0.2, 0) is 10.0 Å². The summed E-state index contributed by atoms with van der Waals surface area (Å²) in [4.78, 5) is 8.42. The number of aromatic nitrogens is 2. The highest BCUT2D eigenvalue weighted by atomic mass is 79.9. The fraction of sp³-hybridized carbons (Fsp3) is 0.333. The lowest BCUT2D eigenvalue weighted by Crippen LogP contribution is -2.45. The van der Waals surface area contributed by atoms with Crippen LogP contribution in [0.15, 0.2) is 46.0 Å². The van der Waals surface area contributed by atoms with Crippen molar-refractivity contribution in [3.05, 3.63) is 46.3 Å². The second-order valence-electron chi connectivity index (χ2n) is 5.53. The van der Waals surface area contributed by atoms with E-state index in [9.17, 15) is 8.42 Å². The Balaban J connectivity index is 1.74. The van der Waals surface area contributed by atoms with E-state index in [1.807, 2.05) is 0 Å². The lowest BCUT2D eigenvalue weighted by Gasteiger charge is -2.32. The van der Waals surface area contributed by atoms with Crippen LogP contribution in [0.1, 0.15) is 12.8 Å². The number of hydrogen-bond acceptors (Lipinski definition) is 5. The molecule has 0 aliphatic carbocycles. The van der Waals surface area contributed by atoms with Crippen molar-refractivity contribution in [1.29, 1.82) is 0 Å². The van der Waals surface area contributed by atoms with Crippen molar-refractivity contribution in [2.24, 2.45) is 0 Å². The Labute approximate surface area is 154 Å². The smallest absolute Gasteiger partial charge is 0.243 e. The molecular formula is C15H16BrClN4O2S. The van der Waals surface area contributed by atoms with Gasteiger partial charge in [-0.2, -0.15) is 4.31 Å². The van der Waals surface area contributed by atoms with E-state index in [2.05, 4.69) is 31.2 Å². The summed E-state index contributed by atoms with van der Waals surface area (Å²) in [6.45, 7) is 0.893. The minimum atomic E-state index is -3.50. The van der Waals surface area contributed by atoms with Crippen LogP contribution >= 0.6 is 27.5 Å². The summed E-state index contributed by atoms with van der Waals surface area (Å²) in [6, 6.07) is 6.65. The Kier molecular flexibility index (Phi) is 5.39. The molecule has 9 heteroatoms. The Morgan fingerprint density at radius 2 is 2.00 bits per heavy atom. The summed E-state index contributed by atoms with van der Waals surface area (Å²) in [5.41, 5.74) is 0. The number of rotatable bonds is 4. The summed E-state index contributed by atoms with van der Waals surface area (Å²) in [6.07, 6.45) is 4.67. The largest absolute Gasteiger partial charge is 0.365 e. The van der Waals surface area contributed by atoms with Gasteiger partial charge in [-0.05, 0) is 37.1 Å². The minimum Gasteiger partial charge on any atom is -0.365 e. The molecule has 1 atom stereocenters. The van der Waals surface area contributed by atoms with Crippen molar-refractivity contribution in [2.75, 3.05) is 18.4 Å². The molecule has 24 heavy (non-hydrogen) atoms. The van der Waals surface area contributed by atoms with Crippen LogP contribution in [0.25, 0.3) is 0 Å². The molecule has 6 nitrogen and oxygen atoms in total. The molecule has 1 aromatic carbocycles. The molecule has 1 aliphatic rings. The standard InChI is InChI=1S/C15H16BrClN4O2S/c16-11-3-5-13(6-4-11)24(22,23)21-7-1-2-12(10-21)19-15-9-18-8-14(17)20-15/h3-6,8-9,12H,1-2,7,10H2,(H,19,20). The van der Waals surface area contributed by atoms with Crippen molar-refractivity contribution in [1.82, 2.24) is 14.3 Å². The molecule has 3 rings (SSSR count). The first kappa shape index (κ1) is 17.6. The summed E-state index contributed by atoms with van der Waals surface area (Å²) in [7, 11) is -3.50. The number of halogens is 2. The predicted molar refractivity (Wildman–Crippen MR) is 96.6 cm³/mol. The van der Waals surface area contributed by atoms with Gasteiger partial charge in [0, 0.05) is 23.6 Å². The fourth-order valence-corrected chi connectivity index (χ4v) is 4.59. The van der Waals surface area contributed by atoms with Gasteiger partial charge < -0.3 is 5.32 Å². The molecule has 0 amide bonds. The SMILES string of the molecule is O=S(=O)(c1ccc(Br)cc1)N1CCCC(Nc2cncc(Cl)n2)C1. The third-order valence-electron chi connectivity index (χ3n) is 3.79. The number of hydrogen-bond donors (Lipinski definition) is 1. The molecule has 1 fully saturated rings. The number of nitrogens with zero attached hydrogens (tertiary/aromatic N) is 3. The van der Waals surface area contributed by atoms with Gasteiger partial charge in [-0.15, -0.1) is 0 Å². The van der Waals surface area contributed by atoms with Gasteiger partial charge in [-0.1, -0.05) is 27.5 Å². The molecule has 0 bridgehead atoms. The molecule has 0 saturated carbocycles. The van der Waals surface area contributed by atoms with Gasteiger partial charge in [0.1, 0.15) is 11.0 Å². The molecule has 1 N–H and O–H groups in total. The zero-order chi connectivity index (χ0) is 17.2. The van der Waals surface area contributed by atoms with Crippen LogP contribution in [0, 0.1) is 0 Å². The molecule has 2 heterocycles. The monoisotopic (exact) mass is 430 g/mol. The van der Waals surface area contributed by atoms with Gasteiger partial charge in [0.15, 0.2) is 0 Å². The van der Waals surface area contributed by atoms with Gasteiger partial charge in [0.2, 0.25) is 10.0 Å². The van der Waals surface area contributed by atoms with E-state index in [1.165, 1.54) is 10.5 Å². The lowest BCUT2D eigenvalue weighted by atomic mass is 10.1. The molecule has 0 radical (unpaired) electrons. The maximum atomic E-state index is 12.8. The van der Waals surface area contributed by atoms with E-state index in [4.69, 9.17) is 11.6 Å². The van der Waals surface area contributed by atoms with Crippen LogP contribution in [-0.4, -0.2) is 41.8 Å². The van der Waals surface area contributed by atoms with E-state index in [0.717, 1.165) is 17.3 Å². The van der Waals surface area contributed by atoms with E-state index < -0.39 is 10.0 Å². The van der Waals surface area contributed by atoms with Gasteiger partial charge in [-0.25, -0.2) is 13.4 Å². The summed E-state index contributed by atoms with van der Waals surface area (Å²) in [5.74, 6) is 0.551. The Morgan fingerprint density at radius 3 is 2.71 bits per heavy atom. The van der Waals surface area contributed by atoms with E-state index in [0.29, 0.717) is 29.0 Å². The molecule has 2 aromatic rings. The van der Waals surface area contributed by atoms with Gasteiger partial charge in [0.25, 0.3) is 0 Å². The van der Waals surface area contributed by atoms with Crippen molar-refractivity contribution >= 4 is 43.4 Å². The number of sulfonamides is 1. The van der Waals surface area contributed by atoms with Crippen molar-refractivity contribution in [3.8, 4) is 0 Å². The van der Waals surface area contributed by atoms with Crippen molar-refractivity contribution < 1.29 is 8.42 Å². The molecular weight excluding hydrogens is 416 g/mol. The number of benzene rings is 1. The first-order valence-corrected chi connectivity index (χ1v) is 10.1. The third kappa shape index (κ3) is 4.05. The van der Waals surface area contributed by atoms with Gasteiger partial charge in [0.05, 0.1) is 17.3 Å². The quantitative estimate of drug-likeness (QED) is 0.805. The maximum absolute atomic E-state index is 12.8. The Hall–Kier alpha value is -1.22. The van der Waals surface area contributed by atoms with Crippen LogP contribution in [0.2, 0.25) is 5.15 Å². The highest BCUT2D eigenvalue weighted by Crippen LogP contribution is 2.23. The second kappa shape index (κ2) is 7.35. The molecule has 0 spiro atoms. The van der Waals surface area contributed by atoms with Crippen molar-refractivity contribution in [2.45, 2.75) is 23.8 Å². The summed E-state index contributed by atoms with van der Waals surface area (Å²) < 4.78 is 27.9. The average Bonchev–Trinajstić information content (AvgIpc) is 2.55. The van der Waals surface area contributed by atoms with E-state index in [-0.39, 0.29) is 6.04 Å². The highest BCUT2D eigenvalue weighted by molar-refractivity contribution is 9.10. The molecule has 1 aromatic heterocycles. The summed E-state index contributed by atoms with van der Waals surface area (Å²) in [5, 5.41) is 3.51. The van der Waals surface area contributed by atoms with Gasteiger partial charge in [-0.3, -0.25) is 4.98 Å². The maximum Gasteiger partial charge on any atom is 0.243 e. The first-order chi connectivity index (χ1) is 11.4.